The van der Waals surface area contributed by atoms with Crippen molar-refractivity contribution in [3.05, 3.63) is 34.1 Å². The predicted molar refractivity (Wildman–Crippen MR) is 58.7 cm³/mol. The Morgan fingerprint density at radius 3 is 2.86 bits per heavy atom. The molecule has 0 saturated heterocycles. The lowest BCUT2D eigenvalue weighted by Crippen LogP contribution is -2.10. The van der Waals surface area contributed by atoms with Crippen molar-refractivity contribution < 1.29 is 9.50 Å². The van der Waals surface area contributed by atoms with Crippen molar-refractivity contribution in [1.29, 1.82) is 0 Å². The molecule has 0 bridgehead atoms. The summed E-state index contributed by atoms with van der Waals surface area (Å²) < 4.78 is 13.7. The van der Waals surface area contributed by atoms with E-state index in [1.807, 2.05) is 6.92 Å². The predicted octanol–water partition coefficient (Wildman–Crippen LogP) is 3.29. The Labute approximate surface area is 92.1 Å². The molecule has 0 amide bonds. The van der Waals surface area contributed by atoms with Crippen LogP contribution >= 0.6 is 15.9 Å². The summed E-state index contributed by atoms with van der Waals surface area (Å²) in [6.07, 6.45) is 1.82. The summed E-state index contributed by atoms with van der Waals surface area (Å²) in [5.74, 6) is -0.258. The highest BCUT2D eigenvalue weighted by molar-refractivity contribution is 9.10. The van der Waals surface area contributed by atoms with E-state index in [4.69, 9.17) is 0 Å². The van der Waals surface area contributed by atoms with Crippen LogP contribution in [0.5, 0.6) is 0 Å². The molecule has 1 N–H and O–H groups in total. The van der Waals surface area contributed by atoms with Crippen LogP contribution in [0, 0.1) is 5.82 Å². The van der Waals surface area contributed by atoms with Crippen molar-refractivity contribution in [2.75, 3.05) is 0 Å². The quantitative estimate of drug-likeness (QED) is 0.881. The van der Waals surface area contributed by atoms with Crippen molar-refractivity contribution in [1.82, 2.24) is 0 Å². The highest BCUT2D eigenvalue weighted by atomic mass is 79.9. The van der Waals surface area contributed by atoms with Crippen molar-refractivity contribution in [3.8, 4) is 0 Å². The van der Waals surface area contributed by atoms with Crippen molar-refractivity contribution in [3.63, 3.8) is 0 Å². The third kappa shape index (κ3) is 3.39. The molecule has 1 unspecified atom stereocenters. The molecule has 0 aliphatic heterocycles. The molecular formula is C11H14BrFO. The summed E-state index contributed by atoms with van der Waals surface area (Å²) in [6.45, 7) is 2.02. The molecule has 78 valence electrons. The van der Waals surface area contributed by atoms with Gasteiger partial charge in [0.1, 0.15) is 5.82 Å². The molecule has 1 aromatic carbocycles. The number of aliphatic hydroxyl groups excluding tert-OH is 1. The molecule has 0 spiro atoms. The first kappa shape index (κ1) is 11.7. The second-order valence-electron chi connectivity index (χ2n) is 3.38. The van der Waals surface area contributed by atoms with Gasteiger partial charge in [-0.25, -0.2) is 4.39 Å². The van der Waals surface area contributed by atoms with E-state index < -0.39 is 0 Å². The topological polar surface area (TPSA) is 20.2 Å². The monoisotopic (exact) mass is 260 g/mol. The van der Waals surface area contributed by atoms with E-state index in [2.05, 4.69) is 15.9 Å². The van der Waals surface area contributed by atoms with E-state index in [1.165, 1.54) is 12.1 Å². The van der Waals surface area contributed by atoms with Crippen LogP contribution in [0.2, 0.25) is 0 Å². The number of hydrogen-bond acceptors (Lipinski definition) is 1. The number of aliphatic hydroxyl groups is 1. The minimum absolute atomic E-state index is 0.258. The molecule has 1 atom stereocenters. The lowest BCUT2D eigenvalue weighted by Gasteiger charge is -2.10. The van der Waals surface area contributed by atoms with Crippen LogP contribution in [0.15, 0.2) is 22.7 Å². The zero-order valence-electron chi connectivity index (χ0n) is 8.13. The van der Waals surface area contributed by atoms with E-state index in [1.54, 1.807) is 6.07 Å². The number of benzene rings is 1. The lowest BCUT2D eigenvalue weighted by molar-refractivity contribution is 0.163. The minimum atomic E-state index is -0.377. The van der Waals surface area contributed by atoms with Crippen LogP contribution in [0.3, 0.4) is 0 Å². The van der Waals surface area contributed by atoms with Gasteiger partial charge in [-0.15, -0.1) is 0 Å². The SMILES string of the molecule is CCCC(O)Cc1cc(F)ccc1Br. The van der Waals surface area contributed by atoms with E-state index in [0.717, 1.165) is 22.9 Å². The number of hydrogen-bond donors (Lipinski definition) is 1. The Balaban J connectivity index is 2.70. The van der Waals surface area contributed by atoms with Gasteiger partial charge >= 0.3 is 0 Å². The summed E-state index contributed by atoms with van der Waals surface area (Å²) in [5, 5.41) is 9.57. The maximum absolute atomic E-state index is 12.9. The minimum Gasteiger partial charge on any atom is -0.393 e. The Morgan fingerprint density at radius 1 is 1.50 bits per heavy atom. The maximum Gasteiger partial charge on any atom is 0.123 e. The third-order valence-electron chi connectivity index (χ3n) is 2.09. The molecule has 0 aromatic heterocycles. The van der Waals surface area contributed by atoms with E-state index >= 15 is 0 Å². The van der Waals surface area contributed by atoms with Gasteiger partial charge in [-0.05, 0) is 36.6 Å². The van der Waals surface area contributed by atoms with Gasteiger partial charge in [0.15, 0.2) is 0 Å². The van der Waals surface area contributed by atoms with Gasteiger partial charge in [0, 0.05) is 4.47 Å². The molecule has 0 aliphatic carbocycles. The Morgan fingerprint density at radius 2 is 2.21 bits per heavy atom. The highest BCUT2D eigenvalue weighted by Crippen LogP contribution is 2.20. The molecule has 1 nitrogen and oxygen atoms in total. The molecule has 14 heavy (non-hydrogen) atoms. The van der Waals surface area contributed by atoms with Gasteiger partial charge in [-0.1, -0.05) is 29.3 Å². The molecule has 1 aromatic rings. The summed E-state index contributed by atoms with van der Waals surface area (Å²) >= 11 is 3.33. The van der Waals surface area contributed by atoms with Crippen LogP contribution in [0.25, 0.3) is 0 Å². The van der Waals surface area contributed by atoms with Gasteiger partial charge in [-0.3, -0.25) is 0 Å². The fourth-order valence-electron chi connectivity index (χ4n) is 1.39. The van der Waals surface area contributed by atoms with Gasteiger partial charge in [-0.2, -0.15) is 0 Å². The summed E-state index contributed by atoms with van der Waals surface area (Å²) in [7, 11) is 0. The Kier molecular flexibility index (Phi) is 4.55. The summed E-state index contributed by atoms with van der Waals surface area (Å²) in [6, 6.07) is 4.53. The van der Waals surface area contributed by atoms with Gasteiger partial charge < -0.3 is 5.11 Å². The van der Waals surface area contributed by atoms with Crippen LogP contribution in [0.1, 0.15) is 25.3 Å². The van der Waals surface area contributed by atoms with Gasteiger partial charge in [0.25, 0.3) is 0 Å². The molecule has 1 rings (SSSR count). The largest absolute Gasteiger partial charge is 0.393 e. The third-order valence-corrected chi connectivity index (χ3v) is 2.86. The normalized spacial score (nSPS) is 12.9. The standard InChI is InChI=1S/C11H14BrFO/c1-2-3-10(14)7-8-6-9(13)4-5-11(8)12/h4-6,10,14H,2-3,7H2,1H3. The average Bonchev–Trinajstić information content (AvgIpc) is 2.12. The van der Waals surface area contributed by atoms with Crippen LogP contribution < -0.4 is 0 Å². The fourth-order valence-corrected chi connectivity index (χ4v) is 1.80. The Hall–Kier alpha value is -0.410. The van der Waals surface area contributed by atoms with Crippen molar-refractivity contribution >= 4 is 15.9 Å². The Bertz CT molecular complexity index is 301. The lowest BCUT2D eigenvalue weighted by atomic mass is 10.0. The first-order valence-corrected chi connectivity index (χ1v) is 5.54. The van der Waals surface area contributed by atoms with Crippen molar-refractivity contribution in [2.24, 2.45) is 0 Å². The highest BCUT2D eigenvalue weighted by Gasteiger charge is 2.08. The average molecular weight is 261 g/mol. The first-order chi connectivity index (χ1) is 6.63. The zero-order valence-corrected chi connectivity index (χ0v) is 9.72. The molecule has 0 radical (unpaired) electrons. The fraction of sp³-hybridized carbons (Fsp3) is 0.455. The number of halogens is 2. The van der Waals surface area contributed by atoms with Crippen molar-refractivity contribution in [2.45, 2.75) is 32.3 Å². The first-order valence-electron chi connectivity index (χ1n) is 4.75. The van der Waals surface area contributed by atoms with Gasteiger partial charge in [0.2, 0.25) is 0 Å². The van der Waals surface area contributed by atoms with Crippen LogP contribution in [-0.2, 0) is 6.42 Å². The molecule has 3 heteroatoms. The smallest absolute Gasteiger partial charge is 0.123 e. The van der Waals surface area contributed by atoms with E-state index in [0.29, 0.717) is 6.42 Å². The van der Waals surface area contributed by atoms with Crippen LogP contribution in [-0.4, -0.2) is 11.2 Å². The number of rotatable bonds is 4. The summed E-state index contributed by atoms with van der Waals surface area (Å²) in [5.41, 5.74) is 0.825. The molecule has 0 aliphatic rings. The zero-order chi connectivity index (χ0) is 10.6. The van der Waals surface area contributed by atoms with Crippen LogP contribution in [0.4, 0.5) is 4.39 Å². The molecular weight excluding hydrogens is 247 g/mol. The molecule has 0 saturated carbocycles. The second kappa shape index (κ2) is 5.47. The second-order valence-corrected chi connectivity index (χ2v) is 4.24. The van der Waals surface area contributed by atoms with Gasteiger partial charge in [0.05, 0.1) is 6.10 Å². The van der Waals surface area contributed by atoms with E-state index in [9.17, 15) is 9.50 Å². The maximum atomic E-state index is 12.9. The van der Waals surface area contributed by atoms with E-state index in [-0.39, 0.29) is 11.9 Å². The molecule has 0 heterocycles. The molecule has 0 fully saturated rings. The summed E-state index contributed by atoms with van der Waals surface area (Å²) in [4.78, 5) is 0.